The van der Waals surface area contributed by atoms with Gasteiger partial charge < -0.3 is 14.2 Å². The highest BCUT2D eigenvalue weighted by molar-refractivity contribution is 4.77. The van der Waals surface area contributed by atoms with Gasteiger partial charge in [-0.25, -0.2) is 0 Å². The third-order valence-electron chi connectivity index (χ3n) is 12.5. The summed E-state index contributed by atoms with van der Waals surface area (Å²) in [5.74, 6) is 4.57. The maximum absolute atomic E-state index is 5.94. The summed E-state index contributed by atoms with van der Waals surface area (Å²) >= 11 is 0. The molecule has 0 saturated carbocycles. The number of hydrogen-bond acceptors (Lipinski definition) is 3. The highest BCUT2D eigenvalue weighted by Gasteiger charge is 2.25. The Kier molecular flexibility index (Phi) is 74.6. The van der Waals surface area contributed by atoms with Gasteiger partial charge in [0.2, 0.25) is 0 Å². The van der Waals surface area contributed by atoms with Gasteiger partial charge >= 0.3 is 0 Å². The number of rotatable bonds is 37. The zero-order valence-electron chi connectivity index (χ0n) is 47.8. The summed E-state index contributed by atoms with van der Waals surface area (Å²) in [5.41, 5.74) is 0.701. The van der Waals surface area contributed by atoms with Gasteiger partial charge in [-0.3, -0.25) is 0 Å². The highest BCUT2D eigenvalue weighted by atomic mass is 16.5. The molecule has 0 bridgehead atoms. The topological polar surface area (TPSA) is 27.7 Å². The second-order valence-electron chi connectivity index (χ2n) is 19.0. The molecular weight excluding hydrogens is 757 g/mol. The summed E-state index contributed by atoms with van der Waals surface area (Å²) in [4.78, 5) is 0. The average molecular weight is 888 g/mol. The molecule has 4 unspecified atom stereocenters. The Morgan fingerprint density at radius 2 is 0.484 bits per heavy atom. The van der Waals surface area contributed by atoms with Gasteiger partial charge in [-0.15, -0.1) is 0 Å². The van der Waals surface area contributed by atoms with Gasteiger partial charge in [0, 0.05) is 32.3 Å². The molecule has 0 aliphatic rings. The van der Waals surface area contributed by atoms with Crippen LogP contribution < -0.4 is 0 Å². The number of ether oxygens (including phenoxy) is 3. The molecule has 0 heterocycles. The van der Waals surface area contributed by atoms with Crippen molar-refractivity contribution in [2.45, 2.75) is 305 Å². The van der Waals surface area contributed by atoms with Crippen LogP contribution in [0.5, 0.6) is 0 Å². The Morgan fingerprint density at radius 3 is 0.645 bits per heavy atom. The molecule has 3 nitrogen and oxygen atoms in total. The van der Waals surface area contributed by atoms with E-state index < -0.39 is 0 Å². The first-order chi connectivity index (χ1) is 30.0. The lowest BCUT2D eigenvalue weighted by Crippen LogP contribution is -2.20. The van der Waals surface area contributed by atoms with Crippen LogP contribution in [0.4, 0.5) is 0 Å². The average Bonchev–Trinajstić information content (AvgIpc) is 3.26. The molecule has 0 saturated heterocycles. The van der Waals surface area contributed by atoms with Gasteiger partial charge in [-0.2, -0.15) is 0 Å². The van der Waals surface area contributed by atoms with Gasteiger partial charge in [0.1, 0.15) is 0 Å². The molecule has 0 aromatic heterocycles. The van der Waals surface area contributed by atoms with Crippen molar-refractivity contribution in [3.05, 3.63) is 0 Å². The van der Waals surface area contributed by atoms with Crippen molar-refractivity contribution in [3.8, 4) is 0 Å². The van der Waals surface area contributed by atoms with E-state index in [1.807, 2.05) is 13.8 Å². The minimum Gasteiger partial charge on any atom is -0.381 e. The van der Waals surface area contributed by atoms with E-state index in [1.165, 1.54) is 161 Å². The van der Waals surface area contributed by atoms with E-state index in [1.54, 1.807) is 0 Å². The normalized spacial score (nSPS) is 13.3. The Labute approximate surface area is 398 Å². The molecule has 384 valence electrons. The van der Waals surface area contributed by atoms with Crippen molar-refractivity contribution in [2.75, 3.05) is 39.6 Å². The predicted octanol–water partition coefficient (Wildman–Crippen LogP) is 21.2. The molecule has 0 aromatic rings. The molecule has 0 aromatic carbocycles. The molecule has 0 spiro atoms. The van der Waals surface area contributed by atoms with Crippen molar-refractivity contribution in [3.63, 3.8) is 0 Å². The molecule has 0 rings (SSSR count). The van der Waals surface area contributed by atoms with Crippen molar-refractivity contribution in [1.29, 1.82) is 0 Å². The molecule has 0 fully saturated rings. The second kappa shape index (κ2) is 63.0. The zero-order chi connectivity index (χ0) is 48.7. The first-order valence-electron chi connectivity index (χ1n) is 28.7. The van der Waals surface area contributed by atoms with Gasteiger partial charge in [0.05, 0.1) is 13.2 Å². The maximum Gasteiger partial charge on any atom is 0.0516 e. The fraction of sp³-hybridized carbons (Fsp3) is 1.00. The van der Waals surface area contributed by atoms with Gasteiger partial charge in [0.15, 0.2) is 0 Å². The fourth-order valence-electron chi connectivity index (χ4n) is 8.74. The summed E-state index contributed by atoms with van der Waals surface area (Å²) in [6.45, 7) is 50.3. The first kappa shape index (κ1) is 73.4. The molecule has 0 aliphatic carbocycles. The summed E-state index contributed by atoms with van der Waals surface area (Å²) in [6, 6.07) is 0. The monoisotopic (exact) mass is 887 g/mol. The standard InChI is InChI=1S/C19H40O2.C14H30O.C13H28.C8H18.C3H8.C2H6/c1-6-11-17(8-3)13-20-15-19(10-5)16-21-14-18(9-4)12-7-2;1-5-9-13(7-3)11-15-12-14(8-4)10-6-2;1-5-9-13(10-6-2,11-7-3)12-8-4;1-4-6-8(3)7-5-2;1-3-2;1-2/h17-19H,6-16H2,1-5H3;13-14H,5-12H2,1-4H3;5-12H2,1-4H3;8H,4-7H2,1-3H3;3H2,1-2H3;1-2H3. The van der Waals surface area contributed by atoms with Crippen molar-refractivity contribution in [2.24, 2.45) is 40.9 Å². The van der Waals surface area contributed by atoms with Crippen LogP contribution in [0.1, 0.15) is 305 Å². The third-order valence-corrected chi connectivity index (χ3v) is 12.5. The highest BCUT2D eigenvalue weighted by Crippen LogP contribution is 2.39. The first-order valence-corrected chi connectivity index (χ1v) is 28.7. The van der Waals surface area contributed by atoms with Crippen LogP contribution in [-0.4, -0.2) is 39.6 Å². The van der Waals surface area contributed by atoms with Crippen LogP contribution in [0.15, 0.2) is 0 Å². The van der Waals surface area contributed by atoms with Crippen LogP contribution in [0.3, 0.4) is 0 Å². The maximum atomic E-state index is 5.94. The van der Waals surface area contributed by atoms with Crippen molar-refractivity contribution < 1.29 is 14.2 Å². The number of hydrogen-bond donors (Lipinski definition) is 0. The van der Waals surface area contributed by atoms with E-state index in [9.17, 15) is 0 Å². The molecule has 0 N–H and O–H groups in total. The van der Waals surface area contributed by atoms with Crippen LogP contribution in [0, 0.1) is 40.9 Å². The third kappa shape index (κ3) is 54.2. The fourth-order valence-corrected chi connectivity index (χ4v) is 8.74. The molecule has 0 aliphatic heterocycles. The SMILES string of the molecule is CC.CCC.CCCC(C)CCC.CCCC(CC)COCC(CC)CCC.CCCC(CC)COCC(CC)COCC(CC)CCC.CCCC(CCC)(CCC)CCC. The second-order valence-corrected chi connectivity index (χ2v) is 19.0. The van der Waals surface area contributed by atoms with E-state index in [0.717, 1.165) is 75.7 Å². The lowest BCUT2D eigenvalue weighted by Gasteiger charge is -2.33. The van der Waals surface area contributed by atoms with Crippen molar-refractivity contribution in [1.82, 2.24) is 0 Å². The van der Waals surface area contributed by atoms with E-state index in [0.29, 0.717) is 11.3 Å². The minimum absolute atomic E-state index is 0.559. The predicted molar refractivity (Wildman–Crippen MR) is 289 cm³/mol. The van der Waals surface area contributed by atoms with Crippen molar-refractivity contribution >= 4 is 0 Å². The molecular formula is C59H130O3. The quantitative estimate of drug-likeness (QED) is 0.0622. The van der Waals surface area contributed by atoms with Crippen LogP contribution >= 0.6 is 0 Å². The molecule has 62 heavy (non-hydrogen) atoms. The van der Waals surface area contributed by atoms with E-state index in [2.05, 4.69) is 125 Å². The summed E-state index contributed by atoms with van der Waals surface area (Å²) in [7, 11) is 0. The zero-order valence-corrected chi connectivity index (χ0v) is 47.8. The molecule has 0 amide bonds. The largest absolute Gasteiger partial charge is 0.381 e. The minimum atomic E-state index is 0.559. The van der Waals surface area contributed by atoms with Gasteiger partial charge in [-0.05, 0) is 92.8 Å². The lowest BCUT2D eigenvalue weighted by molar-refractivity contribution is 0.0132. The Hall–Kier alpha value is -0.120. The summed E-state index contributed by atoms with van der Waals surface area (Å²) < 4.78 is 17.7. The molecule has 0 radical (unpaired) electrons. The van der Waals surface area contributed by atoms with Crippen LogP contribution in [0.25, 0.3) is 0 Å². The molecule has 3 heteroatoms. The van der Waals surface area contributed by atoms with Gasteiger partial charge in [0.25, 0.3) is 0 Å². The van der Waals surface area contributed by atoms with Crippen LogP contribution in [-0.2, 0) is 14.2 Å². The Bertz CT molecular complexity index is 640. The smallest absolute Gasteiger partial charge is 0.0516 e. The lowest BCUT2D eigenvalue weighted by atomic mass is 9.72. The summed E-state index contributed by atoms with van der Waals surface area (Å²) in [5, 5.41) is 0. The Balaban J connectivity index is -0.000000170. The van der Waals surface area contributed by atoms with Gasteiger partial charge in [-0.1, -0.05) is 248 Å². The van der Waals surface area contributed by atoms with Crippen LogP contribution in [0.2, 0.25) is 0 Å². The Morgan fingerprint density at radius 1 is 0.290 bits per heavy atom. The van der Waals surface area contributed by atoms with E-state index in [4.69, 9.17) is 14.2 Å². The van der Waals surface area contributed by atoms with E-state index >= 15 is 0 Å². The molecule has 4 atom stereocenters. The summed E-state index contributed by atoms with van der Waals surface area (Å²) in [6.07, 6.45) is 34.5. The van der Waals surface area contributed by atoms with E-state index in [-0.39, 0.29) is 0 Å².